The number of rotatable bonds is 5. The molecular formula is C14H17N5O2. The van der Waals surface area contributed by atoms with E-state index in [0.717, 1.165) is 18.5 Å². The van der Waals surface area contributed by atoms with Gasteiger partial charge in [-0.15, -0.1) is 0 Å². The van der Waals surface area contributed by atoms with E-state index < -0.39 is 11.9 Å². The van der Waals surface area contributed by atoms with E-state index in [2.05, 4.69) is 17.3 Å². The lowest BCUT2D eigenvalue weighted by atomic mass is 10.1. The molecule has 0 spiro atoms. The molecule has 0 bridgehead atoms. The van der Waals surface area contributed by atoms with Crippen molar-refractivity contribution in [2.45, 2.75) is 19.8 Å². The number of primary amides is 2. The number of urea groups is 1. The summed E-state index contributed by atoms with van der Waals surface area (Å²) in [6.45, 7) is 2.11. The van der Waals surface area contributed by atoms with Gasteiger partial charge in [-0.25, -0.2) is 9.48 Å². The molecule has 5 N–H and O–H groups in total. The Bertz CT molecular complexity index is 661. The van der Waals surface area contributed by atoms with E-state index in [9.17, 15) is 9.59 Å². The van der Waals surface area contributed by atoms with E-state index >= 15 is 0 Å². The first kappa shape index (κ1) is 14.6. The maximum Gasteiger partial charge on any atom is 0.316 e. The van der Waals surface area contributed by atoms with E-state index in [4.69, 9.17) is 11.5 Å². The predicted octanol–water partition coefficient (Wildman–Crippen LogP) is 1.41. The molecule has 1 heterocycles. The molecule has 7 heteroatoms. The zero-order valence-corrected chi connectivity index (χ0v) is 11.7. The number of aryl methyl sites for hydroxylation is 1. The van der Waals surface area contributed by atoms with Crippen LogP contribution in [0.5, 0.6) is 0 Å². The van der Waals surface area contributed by atoms with Crippen LogP contribution >= 0.6 is 0 Å². The number of nitrogens with zero attached hydrogens (tertiary/aromatic N) is 2. The van der Waals surface area contributed by atoms with Gasteiger partial charge in [0, 0.05) is 0 Å². The highest BCUT2D eigenvalue weighted by Gasteiger charge is 2.16. The van der Waals surface area contributed by atoms with Gasteiger partial charge in [0.25, 0.3) is 5.91 Å². The van der Waals surface area contributed by atoms with Crippen LogP contribution in [0.25, 0.3) is 5.69 Å². The number of hydrogen-bond donors (Lipinski definition) is 3. The third-order valence-corrected chi connectivity index (χ3v) is 2.95. The van der Waals surface area contributed by atoms with Gasteiger partial charge in [0.1, 0.15) is 0 Å². The van der Waals surface area contributed by atoms with Crippen molar-refractivity contribution in [3.63, 3.8) is 0 Å². The molecule has 2 rings (SSSR count). The molecule has 0 saturated carbocycles. The average molecular weight is 287 g/mol. The zero-order valence-electron chi connectivity index (χ0n) is 11.7. The van der Waals surface area contributed by atoms with Gasteiger partial charge in [-0.05, 0) is 24.1 Å². The minimum atomic E-state index is -0.782. The second-order valence-corrected chi connectivity index (χ2v) is 4.61. The topological polar surface area (TPSA) is 116 Å². The van der Waals surface area contributed by atoms with E-state index in [0.29, 0.717) is 0 Å². The van der Waals surface area contributed by atoms with Crippen molar-refractivity contribution in [3.05, 3.63) is 41.7 Å². The number of carbonyl (C=O) groups is 2. The van der Waals surface area contributed by atoms with Crippen molar-refractivity contribution < 1.29 is 9.59 Å². The molecule has 0 aliphatic heterocycles. The Morgan fingerprint density at radius 2 is 1.90 bits per heavy atom. The van der Waals surface area contributed by atoms with Gasteiger partial charge >= 0.3 is 6.03 Å². The SMILES string of the molecule is CCCc1ccc(-n2cc(NC(N)=O)c(C(N)=O)n2)cc1. The Balaban J connectivity index is 2.35. The van der Waals surface area contributed by atoms with E-state index in [1.54, 1.807) is 0 Å². The fourth-order valence-electron chi connectivity index (χ4n) is 2.02. The van der Waals surface area contributed by atoms with Crippen molar-refractivity contribution in [2.75, 3.05) is 5.32 Å². The van der Waals surface area contributed by atoms with Crippen molar-refractivity contribution in [1.82, 2.24) is 9.78 Å². The van der Waals surface area contributed by atoms with E-state index in [1.807, 2.05) is 24.3 Å². The summed E-state index contributed by atoms with van der Waals surface area (Å²) in [7, 11) is 0. The smallest absolute Gasteiger partial charge is 0.316 e. The molecule has 0 radical (unpaired) electrons. The highest BCUT2D eigenvalue weighted by atomic mass is 16.2. The maximum atomic E-state index is 11.3. The third kappa shape index (κ3) is 3.38. The number of amides is 3. The summed E-state index contributed by atoms with van der Waals surface area (Å²) in [4.78, 5) is 22.3. The number of carbonyl (C=O) groups excluding carboxylic acids is 2. The van der Waals surface area contributed by atoms with Gasteiger partial charge in [0.15, 0.2) is 5.69 Å². The fourth-order valence-corrected chi connectivity index (χ4v) is 2.02. The first-order valence-corrected chi connectivity index (χ1v) is 6.56. The minimum absolute atomic E-state index is 0.0357. The Morgan fingerprint density at radius 3 is 2.43 bits per heavy atom. The Hall–Kier alpha value is -2.83. The van der Waals surface area contributed by atoms with Crippen LogP contribution in [0.3, 0.4) is 0 Å². The van der Waals surface area contributed by atoms with Crippen molar-refractivity contribution >= 4 is 17.6 Å². The lowest BCUT2D eigenvalue weighted by Crippen LogP contribution is -2.22. The number of aromatic nitrogens is 2. The van der Waals surface area contributed by atoms with Gasteiger partial charge in [0.05, 0.1) is 17.6 Å². The normalized spacial score (nSPS) is 10.3. The van der Waals surface area contributed by atoms with Crippen molar-refractivity contribution in [3.8, 4) is 5.69 Å². The van der Waals surface area contributed by atoms with Crippen LogP contribution in [-0.2, 0) is 6.42 Å². The van der Waals surface area contributed by atoms with E-state index in [-0.39, 0.29) is 11.4 Å². The molecule has 1 aromatic heterocycles. The second-order valence-electron chi connectivity index (χ2n) is 4.61. The first-order chi connectivity index (χ1) is 10.0. The van der Waals surface area contributed by atoms with Crippen LogP contribution in [0.15, 0.2) is 30.5 Å². The summed E-state index contributed by atoms with van der Waals surface area (Å²) in [5, 5.41) is 6.41. The molecule has 0 atom stereocenters. The molecule has 110 valence electrons. The quantitative estimate of drug-likeness (QED) is 0.772. The molecule has 3 amide bonds. The summed E-state index contributed by atoms with van der Waals surface area (Å²) in [5.41, 5.74) is 12.4. The summed E-state index contributed by atoms with van der Waals surface area (Å²) >= 11 is 0. The standard InChI is InChI=1S/C14H17N5O2/c1-2-3-9-4-6-10(7-5-9)19-8-11(17-14(16)21)12(18-19)13(15)20/h4-8H,2-3H2,1H3,(H2,15,20)(H3,16,17,21). The molecule has 0 aliphatic carbocycles. The molecule has 1 aromatic carbocycles. The highest BCUT2D eigenvalue weighted by Crippen LogP contribution is 2.17. The van der Waals surface area contributed by atoms with Crippen LogP contribution in [0.1, 0.15) is 29.4 Å². The molecule has 2 aromatic rings. The number of hydrogen-bond acceptors (Lipinski definition) is 3. The van der Waals surface area contributed by atoms with E-state index in [1.165, 1.54) is 16.4 Å². The number of nitrogens with one attached hydrogen (secondary N) is 1. The van der Waals surface area contributed by atoms with Crippen LogP contribution in [0, 0.1) is 0 Å². The van der Waals surface area contributed by atoms with Crippen molar-refractivity contribution in [2.24, 2.45) is 11.5 Å². The van der Waals surface area contributed by atoms with Crippen LogP contribution < -0.4 is 16.8 Å². The van der Waals surface area contributed by atoms with Crippen molar-refractivity contribution in [1.29, 1.82) is 0 Å². The fraction of sp³-hybridized carbons (Fsp3) is 0.214. The lowest BCUT2D eigenvalue weighted by molar-refractivity contribution is 0.0996. The second kappa shape index (κ2) is 6.08. The highest BCUT2D eigenvalue weighted by molar-refractivity contribution is 6.00. The van der Waals surface area contributed by atoms with Gasteiger partial charge < -0.3 is 16.8 Å². The van der Waals surface area contributed by atoms with Gasteiger partial charge in [-0.2, -0.15) is 5.10 Å². The maximum absolute atomic E-state index is 11.3. The number of benzene rings is 1. The Labute approximate surface area is 121 Å². The summed E-state index contributed by atoms with van der Waals surface area (Å²) in [6, 6.07) is 6.97. The molecule has 21 heavy (non-hydrogen) atoms. The van der Waals surface area contributed by atoms with Crippen LogP contribution in [0.4, 0.5) is 10.5 Å². The summed E-state index contributed by atoms with van der Waals surface area (Å²) < 4.78 is 1.47. The number of anilines is 1. The number of nitrogens with two attached hydrogens (primary N) is 2. The minimum Gasteiger partial charge on any atom is -0.364 e. The molecule has 7 nitrogen and oxygen atoms in total. The molecule has 0 unspecified atom stereocenters. The predicted molar refractivity (Wildman–Crippen MR) is 79.3 cm³/mol. The summed E-state index contributed by atoms with van der Waals surface area (Å²) in [5.74, 6) is -0.736. The molecule has 0 fully saturated rings. The average Bonchev–Trinajstić information content (AvgIpc) is 2.83. The van der Waals surface area contributed by atoms with Gasteiger partial charge in [0.2, 0.25) is 0 Å². The summed E-state index contributed by atoms with van der Waals surface area (Å²) in [6.07, 6.45) is 3.57. The largest absolute Gasteiger partial charge is 0.364 e. The Kier molecular flexibility index (Phi) is 4.22. The molecule has 0 aliphatic rings. The zero-order chi connectivity index (χ0) is 15.4. The molecule has 0 saturated heterocycles. The Morgan fingerprint density at radius 1 is 1.24 bits per heavy atom. The molecular weight excluding hydrogens is 270 g/mol. The monoisotopic (exact) mass is 287 g/mol. The first-order valence-electron chi connectivity index (χ1n) is 6.56. The van der Waals surface area contributed by atoms with Gasteiger partial charge in [-0.3, -0.25) is 4.79 Å². The van der Waals surface area contributed by atoms with Crippen LogP contribution in [0.2, 0.25) is 0 Å². The third-order valence-electron chi connectivity index (χ3n) is 2.95. The van der Waals surface area contributed by atoms with Crippen LogP contribution in [-0.4, -0.2) is 21.7 Å². The van der Waals surface area contributed by atoms with Gasteiger partial charge in [-0.1, -0.05) is 25.5 Å². The lowest BCUT2D eigenvalue weighted by Gasteiger charge is -2.03.